The first kappa shape index (κ1) is 14.9. The number of fused-ring (bicyclic) bond motifs is 1. The Morgan fingerprint density at radius 3 is 2.44 bits per heavy atom. The molecule has 2 heterocycles. The molecular weight excluding hydrogens is 318 g/mol. The number of aromatic hydroxyl groups is 1. The van der Waals surface area contributed by atoms with Crippen LogP contribution in [0.15, 0.2) is 60.7 Å². The molecule has 0 aliphatic heterocycles. The molecule has 6 nitrogen and oxygen atoms in total. The van der Waals surface area contributed by atoms with E-state index in [1.54, 1.807) is 18.2 Å². The summed E-state index contributed by atoms with van der Waals surface area (Å²) in [4.78, 5) is 15.5. The molecule has 0 aliphatic rings. The van der Waals surface area contributed by atoms with Gasteiger partial charge in [-0.25, -0.2) is 9.78 Å². The summed E-state index contributed by atoms with van der Waals surface area (Å²) >= 11 is 0. The highest BCUT2D eigenvalue weighted by atomic mass is 16.4. The number of aromatic carboxylic acids is 1. The van der Waals surface area contributed by atoms with Gasteiger partial charge in [-0.3, -0.25) is 5.10 Å². The van der Waals surface area contributed by atoms with Crippen molar-refractivity contribution in [1.82, 2.24) is 15.2 Å². The van der Waals surface area contributed by atoms with Crippen molar-refractivity contribution < 1.29 is 15.0 Å². The second-order valence-electron chi connectivity index (χ2n) is 5.57. The summed E-state index contributed by atoms with van der Waals surface area (Å²) in [5.41, 5.74) is 3.21. The number of nitrogens with zero attached hydrogens (tertiary/aromatic N) is 2. The lowest BCUT2D eigenvalue weighted by molar-refractivity contribution is 0.0691. The van der Waals surface area contributed by atoms with E-state index in [1.165, 1.54) is 6.07 Å². The highest BCUT2D eigenvalue weighted by Gasteiger charge is 2.18. The maximum atomic E-state index is 11.4. The van der Waals surface area contributed by atoms with E-state index < -0.39 is 5.97 Å². The maximum absolute atomic E-state index is 11.4. The van der Waals surface area contributed by atoms with Crippen molar-refractivity contribution in [2.75, 3.05) is 0 Å². The molecule has 0 aliphatic carbocycles. The van der Waals surface area contributed by atoms with Gasteiger partial charge in [0.05, 0.1) is 11.1 Å². The summed E-state index contributed by atoms with van der Waals surface area (Å²) in [6, 6.07) is 17.8. The molecule has 4 aromatic rings. The van der Waals surface area contributed by atoms with Crippen molar-refractivity contribution in [3.05, 3.63) is 66.4 Å². The van der Waals surface area contributed by atoms with Crippen LogP contribution >= 0.6 is 0 Å². The van der Waals surface area contributed by atoms with E-state index in [-0.39, 0.29) is 11.4 Å². The summed E-state index contributed by atoms with van der Waals surface area (Å²) < 4.78 is 0. The number of carbonyl (C=O) groups is 1. The highest BCUT2D eigenvalue weighted by molar-refractivity contribution is 6.04. The van der Waals surface area contributed by atoms with Crippen LogP contribution in [0.25, 0.3) is 33.4 Å². The number of aromatic amines is 1. The molecule has 6 heteroatoms. The fourth-order valence-electron chi connectivity index (χ4n) is 2.85. The third kappa shape index (κ3) is 2.59. The third-order valence-electron chi connectivity index (χ3n) is 3.96. The Kier molecular flexibility index (Phi) is 3.43. The van der Waals surface area contributed by atoms with Gasteiger partial charge in [-0.1, -0.05) is 42.5 Å². The van der Waals surface area contributed by atoms with Crippen molar-refractivity contribution in [1.29, 1.82) is 0 Å². The van der Waals surface area contributed by atoms with Crippen LogP contribution in [0.3, 0.4) is 0 Å². The molecule has 0 fully saturated rings. The summed E-state index contributed by atoms with van der Waals surface area (Å²) in [6.07, 6.45) is 0. The first-order valence-corrected chi connectivity index (χ1v) is 7.61. The first-order valence-electron chi connectivity index (χ1n) is 7.61. The normalized spacial score (nSPS) is 10.9. The molecule has 25 heavy (non-hydrogen) atoms. The largest absolute Gasteiger partial charge is 0.508 e. The third-order valence-corrected chi connectivity index (χ3v) is 3.96. The van der Waals surface area contributed by atoms with Crippen molar-refractivity contribution in [2.24, 2.45) is 0 Å². The van der Waals surface area contributed by atoms with Gasteiger partial charge in [-0.2, -0.15) is 5.10 Å². The van der Waals surface area contributed by atoms with E-state index in [9.17, 15) is 15.0 Å². The number of hydrogen-bond acceptors (Lipinski definition) is 4. The number of benzene rings is 2. The summed E-state index contributed by atoms with van der Waals surface area (Å²) in [5, 5.41) is 27.0. The number of nitrogens with one attached hydrogen (secondary N) is 1. The van der Waals surface area contributed by atoms with Gasteiger partial charge in [0.25, 0.3) is 0 Å². The standard InChI is InChI=1S/C19H13N3O3/c23-13-8-4-7-12(9-13)14-10-15(19(24)25)20-18-16(14)17(21-22-18)11-5-2-1-3-6-11/h1-10,23H,(H,24,25)(H,20,21,22). The summed E-state index contributed by atoms with van der Waals surface area (Å²) in [6.45, 7) is 0. The zero-order valence-electron chi connectivity index (χ0n) is 13.0. The van der Waals surface area contributed by atoms with Crippen LogP contribution in [0.2, 0.25) is 0 Å². The first-order chi connectivity index (χ1) is 12.1. The van der Waals surface area contributed by atoms with Crippen LogP contribution in [-0.2, 0) is 0 Å². The van der Waals surface area contributed by atoms with E-state index in [1.807, 2.05) is 36.4 Å². The zero-order valence-corrected chi connectivity index (χ0v) is 13.0. The average molecular weight is 331 g/mol. The predicted molar refractivity (Wildman–Crippen MR) is 93.4 cm³/mol. The highest BCUT2D eigenvalue weighted by Crippen LogP contribution is 2.35. The minimum absolute atomic E-state index is 0.100. The number of carboxylic acid groups (broad SMARTS) is 1. The molecule has 0 amide bonds. The molecular formula is C19H13N3O3. The molecule has 0 unspecified atom stereocenters. The van der Waals surface area contributed by atoms with Gasteiger partial charge >= 0.3 is 5.97 Å². The van der Waals surface area contributed by atoms with Crippen molar-refractivity contribution in [3.8, 4) is 28.1 Å². The number of phenols is 1. The minimum Gasteiger partial charge on any atom is -0.508 e. The van der Waals surface area contributed by atoms with E-state index in [4.69, 9.17) is 0 Å². The number of rotatable bonds is 3. The van der Waals surface area contributed by atoms with E-state index in [2.05, 4.69) is 15.2 Å². The Bertz CT molecular complexity index is 1090. The van der Waals surface area contributed by atoms with E-state index in [0.717, 1.165) is 11.3 Å². The smallest absolute Gasteiger partial charge is 0.354 e. The van der Waals surface area contributed by atoms with Gasteiger partial charge in [0.2, 0.25) is 0 Å². The molecule has 0 bridgehead atoms. The number of carboxylic acids is 1. The van der Waals surface area contributed by atoms with Crippen LogP contribution in [-0.4, -0.2) is 31.4 Å². The number of phenolic OH excluding ortho intramolecular Hbond substituents is 1. The average Bonchev–Trinajstić information content (AvgIpc) is 3.05. The molecule has 0 atom stereocenters. The Morgan fingerprint density at radius 2 is 1.72 bits per heavy atom. The molecule has 2 aromatic heterocycles. The molecule has 0 spiro atoms. The molecule has 3 N–H and O–H groups in total. The number of hydrogen-bond donors (Lipinski definition) is 3. The van der Waals surface area contributed by atoms with E-state index in [0.29, 0.717) is 22.2 Å². The van der Waals surface area contributed by atoms with Crippen molar-refractivity contribution in [3.63, 3.8) is 0 Å². The van der Waals surface area contributed by atoms with Crippen LogP contribution in [0.4, 0.5) is 0 Å². The van der Waals surface area contributed by atoms with E-state index >= 15 is 0 Å². The minimum atomic E-state index is -1.13. The van der Waals surface area contributed by atoms with Gasteiger partial charge in [0.1, 0.15) is 5.75 Å². The Hall–Kier alpha value is -3.67. The summed E-state index contributed by atoms with van der Waals surface area (Å²) in [5.74, 6) is -1.03. The predicted octanol–water partition coefficient (Wildman–Crippen LogP) is 3.70. The van der Waals surface area contributed by atoms with Gasteiger partial charge in [-0.05, 0) is 29.3 Å². The monoisotopic (exact) mass is 331 g/mol. The fraction of sp³-hybridized carbons (Fsp3) is 0. The lowest BCUT2D eigenvalue weighted by atomic mass is 9.98. The molecule has 0 radical (unpaired) electrons. The summed E-state index contributed by atoms with van der Waals surface area (Å²) in [7, 11) is 0. The lowest BCUT2D eigenvalue weighted by Crippen LogP contribution is -2.01. The Morgan fingerprint density at radius 1 is 0.960 bits per heavy atom. The second kappa shape index (κ2) is 5.76. The molecule has 0 saturated carbocycles. The van der Waals surface area contributed by atoms with Crippen LogP contribution < -0.4 is 0 Å². The zero-order chi connectivity index (χ0) is 17.4. The fourth-order valence-corrected chi connectivity index (χ4v) is 2.85. The second-order valence-corrected chi connectivity index (χ2v) is 5.57. The Labute approximate surface area is 142 Å². The topological polar surface area (TPSA) is 99.1 Å². The van der Waals surface area contributed by atoms with Crippen LogP contribution in [0.5, 0.6) is 5.75 Å². The quantitative estimate of drug-likeness (QED) is 0.531. The molecule has 122 valence electrons. The molecule has 2 aromatic carbocycles. The van der Waals surface area contributed by atoms with Gasteiger partial charge in [-0.15, -0.1) is 0 Å². The number of aromatic nitrogens is 3. The van der Waals surface area contributed by atoms with Gasteiger partial charge in [0.15, 0.2) is 11.3 Å². The SMILES string of the molecule is O=C(O)c1cc(-c2cccc(O)c2)c2c(-c3ccccc3)[nH]nc2n1. The van der Waals surface area contributed by atoms with Crippen molar-refractivity contribution >= 4 is 17.0 Å². The van der Waals surface area contributed by atoms with Crippen molar-refractivity contribution in [2.45, 2.75) is 0 Å². The lowest BCUT2D eigenvalue weighted by Gasteiger charge is -2.08. The van der Waals surface area contributed by atoms with Gasteiger partial charge in [0, 0.05) is 5.56 Å². The molecule has 4 rings (SSSR count). The maximum Gasteiger partial charge on any atom is 0.354 e. The van der Waals surface area contributed by atoms with Crippen LogP contribution in [0, 0.1) is 0 Å². The number of H-pyrrole nitrogens is 1. The Balaban J connectivity index is 2.07. The van der Waals surface area contributed by atoms with Gasteiger partial charge < -0.3 is 10.2 Å². The molecule has 0 saturated heterocycles. The number of pyridine rings is 1. The van der Waals surface area contributed by atoms with Crippen LogP contribution in [0.1, 0.15) is 10.5 Å².